The summed E-state index contributed by atoms with van der Waals surface area (Å²) in [4.78, 5) is 34.8. The molecule has 0 aromatic carbocycles. The first kappa shape index (κ1) is 15.7. The molecule has 0 radical (unpaired) electrons. The second kappa shape index (κ2) is 6.71. The summed E-state index contributed by atoms with van der Waals surface area (Å²) >= 11 is 0.907. The van der Waals surface area contributed by atoms with Crippen LogP contribution in [0.2, 0.25) is 0 Å². The zero-order chi connectivity index (χ0) is 14.5. The van der Waals surface area contributed by atoms with Crippen molar-refractivity contribution in [3.05, 3.63) is 12.7 Å². The van der Waals surface area contributed by atoms with Crippen LogP contribution < -0.4 is 5.32 Å². The maximum atomic E-state index is 11.4. The van der Waals surface area contributed by atoms with Crippen LogP contribution in [0, 0.1) is 0 Å². The Balaban J connectivity index is 2.33. The predicted octanol–water partition coefficient (Wildman–Crippen LogP) is -0.601. The minimum atomic E-state index is -3.48. The first-order valence-electron chi connectivity index (χ1n) is 5.41. The summed E-state index contributed by atoms with van der Waals surface area (Å²) in [5.74, 6) is -1.74. The number of thioether (sulfide) groups is 1. The van der Waals surface area contributed by atoms with Gasteiger partial charge in [0.15, 0.2) is 9.84 Å². The SMILES string of the molecule is C=CCS(=O)(=O)CC(=O)NCCN1C(=O)CSC1=O. The highest BCUT2D eigenvalue weighted by Crippen LogP contribution is 2.17. The molecule has 0 spiro atoms. The molecule has 1 rings (SSSR count). The Hall–Kier alpha value is -1.35. The van der Waals surface area contributed by atoms with Crippen molar-refractivity contribution in [1.82, 2.24) is 10.2 Å². The molecule has 0 bridgehead atoms. The van der Waals surface area contributed by atoms with E-state index >= 15 is 0 Å². The number of nitrogens with zero attached hydrogens (tertiary/aromatic N) is 1. The molecule has 0 aromatic heterocycles. The molecule has 1 fully saturated rings. The lowest BCUT2D eigenvalue weighted by atomic mass is 10.5. The molecule has 1 N–H and O–H groups in total. The molecule has 7 nitrogen and oxygen atoms in total. The van der Waals surface area contributed by atoms with E-state index in [9.17, 15) is 22.8 Å². The van der Waals surface area contributed by atoms with E-state index in [0.717, 1.165) is 16.7 Å². The third-order valence-corrected chi connectivity index (χ3v) is 4.53. The highest BCUT2D eigenvalue weighted by atomic mass is 32.2. The van der Waals surface area contributed by atoms with Crippen molar-refractivity contribution in [2.45, 2.75) is 0 Å². The number of carbonyl (C=O) groups excluding carboxylic acids is 3. The van der Waals surface area contributed by atoms with Gasteiger partial charge in [0.1, 0.15) is 5.75 Å². The monoisotopic (exact) mass is 306 g/mol. The molecule has 0 saturated carbocycles. The van der Waals surface area contributed by atoms with Crippen LogP contribution in [0.15, 0.2) is 12.7 Å². The van der Waals surface area contributed by atoms with Crippen LogP contribution in [0.4, 0.5) is 4.79 Å². The summed E-state index contributed by atoms with van der Waals surface area (Å²) in [5, 5.41) is 2.01. The molecule has 1 aliphatic heterocycles. The second-order valence-electron chi connectivity index (χ2n) is 3.79. The van der Waals surface area contributed by atoms with Crippen molar-refractivity contribution in [1.29, 1.82) is 0 Å². The number of carbonyl (C=O) groups is 3. The molecule has 1 aliphatic rings. The normalized spacial score (nSPS) is 15.7. The largest absolute Gasteiger partial charge is 0.353 e. The van der Waals surface area contributed by atoms with Gasteiger partial charge in [-0.25, -0.2) is 8.42 Å². The molecule has 0 aromatic rings. The van der Waals surface area contributed by atoms with Gasteiger partial charge in [-0.2, -0.15) is 0 Å². The quantitative estimate of drug-likeness (QED) is 0.630. The predicted molar refractivity (Wildman–Crippen MR) is 71.4 cm³/mol. The third kappa shape index (κ3) is 5.03. The maximum absolute atomic E-state index is 11.4. The fourth-order valence-corrected chi connectivity index (χ4v) is 3.12. The molecule has 0 unspecified atom stereocenters. The van der Waals surface area contributed by atoms with Gasteiger partial charge in [-0.15, -0.1) is 6.58 Å². The van der Waals surface area contributed by atoms with E-state index in [2.05, 4.69) is 11.9 Å². The topological polar surface area (TPSA) is 101 Å². The number of hydrogen-bond donors (Lipinski definition) is 1. The van der Waals surface area contributed by atoms with Gasteiger partial charge in [0.2, 0.25) is 11.8 Å². The standard InChI is InChI=1S/C10H14N2O5S2/c1-2-5-19(16,17)7-8(13)11-3-4-12-9(14)6-18-10(12)15/h2H,1,3-7H2,(H,11,13). The minimum Gasteiger partial charge on any atom is -0.353 e. The summed E-state index contributed by atoms with van der Waals surface area (Å²) in [6, 6.07) is 0. The Morgan fingerprint density at radius 1 is 1.47 bits per heavy atom. The third-order valence-electron chi connectivity index (χ3n) is 2.22. The van der Waals surface area contributed by atoms with E-state index in [1.807, 2.05) is 0 Å². The van der Waals surface area contributed by atoms with Crippen molar-refractivity contribution >= 4 is 38.7 Å². The first-order valence-corrected chi connectivity index (χ1v) is 8.21. The van der Waals surface area contributed by atoms with Crippen molar-refractivity contribution in [2.24, 2.45) is 0 Å². The maximum Gasteiger partial charge on any atom is 0.288 e. The number of nitrogens with one attached hydrogen (secondary N) is 1. The van der Waals surface area contributed by atoms with Crippen molar-refractivity contribution in [2.75, 3.05) is 30.3 Å². The van der Waals surface area contributed by atoms with E-state index in [-0.39, 0.29) is 35.7 Å². The molecule has 0 atom stereocenters. The molecule has 1 saturated heterocycles. The Bertz CT molecular complexity index is 484. The lowest BCUT2D eigenvalue weighted by molar-refractivity contribution is -0.125. The zero-order valence-electron chi connectivity index (χ0n) is 10.1. The average Bonchev–Trinajstić information content (AvgIpc) is 2.59. The van der Waals surface area contributed by atoms with E-state index in [1.54, 1.807) is 0 Å². The van der Waals surface area contributed by atoms with Gasteiger partial charge in [0, 0.05) is 13.1 Å². The average molecular weight is 306 g/mol. The van der Waals surface area contributed by atoms with E-state index in [0.29, 0.717) is 0 Å². The van der Waals surface area contributed by atoms with Gasteiger partial charge in [-0.3, -0.25) is 19.3 Å². The summed E-state index contributed by atoms with van der Waals surface area (Å²) in [6.07, 6.45) is 1.21. The summed E-state index contributed by atoms with van der Waals surface area (Å²) < 4.78 is 22.6. The van der Waals surface area contributed by atoms with Gasteiger partial charge in [-0.1, -0.05) is 17.8 Å². The van der Waals surface area contributed by atoms with Gasteiger partial charge >= 0.3 is 0 Å². The number of imide groups is 1. The molecule has 3 amide bonds. The molecule has 0 aliphatic carbocycles. The molecule has 19 heavy (non-hydrogen) atoms. The van der Waals surface area contributed by atoms with Crippen LogP contribution in [0.1, 0.15) is 0 Å². The second-order valence-corrected chi connectivity index (χ2v) is 6.83. The van der Waals surface area contributed by atoms with Crippen LogP contribution in [-0.4, -0.2) is 60.7 Å². The fourth-order valence-electron chi connectivity index (χ4n) is 1.39. The number of rotatable bonds is 7. The summed E-state index contributed by atoms with van der Waals surface area (Å²) in [6.45, 7) is 3.39. The first-order chi connectivity index (χ1) is 8.85. The van der Waals surface area contributed by atoms with Crippen molar-refractivity contribution in [3.8, 4) is 0 Å². The number of amides is 3. The smallest absolute Gasteiger partial charge is 0.288 e. The van der Waals surface area contributed by atoms with Crippen LogP contribution in [-0.2, 0) is 19.4 Å². The van der Waals surface area contributed by atoms with Crippen LogP contribution in [0.25, 0.3) is 0 Å². The number of hydrogen-bond acceptors (Lipinski definition) is 6. The Kier molecular flexibility index (Phi) is 5.55. The summed E-state index contributed by atoms with van der Waals surface area (Å²) in [5.41, 5.74) is 0. The van der Waals surface area contributed by atoms with Gasteiger partial charge < -0.3 is 5.32 Å². The minimum absolute atomic E-state index is 0.0421. The van der Waals surface area contributed by atoms with Gasteiger partial charge in [-0.05, 0) is 0 Å². The van der Waals surface area contributed by atoms with E-state index in [4.69, 9.17) is 0 Å². The summed E-state index contributed by atoms with van der Waals surface area (Å²) in [7, 11) is -3.48. The Labute approximate surface area is 115 Å². The zero-order valence-corrected chi connectivity index (χ0v) is 11.8. The van der Waals surface area contributed by atoms with E-state index in [1.165, 1.54) is 6.08 Å². The Morgan fingerprint density at radius 2 is 2.16 bits per heavy atom. The molecule has 1 heterocycles. The van der Waals surface area contributed by atoms with Crippen LogP contribution >= 0.6 is 11.8 Å². The highest BCUT2D eigenvalue weighted by Gasteiger charge is 2.29. The van der Waals surface area contributed by atoms with Crippen LogP contribution in [0.5, 0.6) is 0 Å². The number of sulfone groups is 1. The van der Waals surface area contributed by atoms with Crippen LogP contribution in [0.3, 0.4) is 0 Å². The van der Waals surface area contributed by atoms with Gasteiger partial charge in [0.25, 0.3) is 5.24 Å². The molecular weight excluding hydrogens is 292 g/mol. The highest BCUT2D eigenvalue weighted by molar-refractivity contribution is 8.14. The lowest BCUT2D eigenvalue weighted by Crippen LogP contribution is -2.39. The van der Waals surface area contributed by atoms with E-state index < -0.39 is 21.5 Å². The van der Waals surface area contributed by atoms with Gasteiger partial charge in [0.05, 0.1) is 11.5 Å². The molecule has 9 heteroatoms. The Morgan fingerprint density at radius 3 is 2.68 bits per heavy atom. The molecule has 106 valence electrons. The van der Waals surface area contributed by atoms with Crippen molar-refractivity contribution in [3.63, 3.8) is 0 Å². The lowest BCUT2D eigenvalue weighted by Gasteiger charge is -2.12. The van der Waals surface area contributed by atoms with Crippen molar-refractivity contribution < 1.29 is 22.8 Å². The molecular formula is C10H14N2O5S2. The fraction of sp³-hybridized carbons (Fsp3) is 0.500.